The van der Waals surface area contributed by atoms with E-state index < -0.39 is 11.7 Å². The molecule has 1 radical (unpaired) electrons. The van der Waals surface area contributed by atoms with Gasteiger partial charge in [0.25, 0.3) is 0 Å². The third-order valence-corrected chi connectivity index (χ3v) is 7.08. The van der Waals surface area contributed by atoms with Crippen LogP contribution in [0.2, 0.25) is 0 Å². The molecular formula is C34H37F3IrNO2-. The summed E-state index contributed by atoms with van der Waals surface area (Å²) in [6, 6.07) is 16.7. The Labute approximate surface area is 254 Å². The Kier molecular flexibility index (Phi) is 10.7. The number of alkyl halides is 3. The van der Waals surface area contributed by atoms with Crippen molar-refractivity contribution >= 4 is 27.3 Å². The number of allylic oxidation sites excluding steroid dienone is 2. The van der Waals surface area contributed by atoms with Crippen molar-refractivity contribution in [2.24, 2.45) is 10.8 Å². The van der Waals surface area contributed by atoms with Gasteiger partial charge in [-0.3, -0.25) is 4.79 Å². The second-order valence-corrected chi connectivity index (χ2v) is 11.9. The molecule has 0 saturated carbocycles. The summed E-state index contributed by atoms with van der Waals surface area (Å²) in [7, 11) is 0. The van der Waals surface area contributed by atoms with Crippen LogP contribution >= 0.6 is 0 Å². The topological polar surface area (TPSA) is 50.2 Å². The molecule has 1 N–H and O–H groups in total. The standard InChI is InChI=1S/C22H15F3N.C12H22O2.Ir/c1-13-10-14(2)12-16(11-13)21-18-7-6-15-4-3-5-19(22(23,24)25)20(15)17(18)8-9-26-21;1-7-12(5,6)10(14)8-9(13)11(2,3)4;/h3-11H,1-2H3;8,13H,7H2,1-6H3;/q-1;;/b;9-8-;. The van der Waals surface area contributed by atoms with Crippen LogP contribution in [0.5, 0.6) is 0 Å². The van der Waals surface area contributed by atoms with Gasteiger partial charge in [0.15, 0.2) is 5.78 Å². The second-order valence-electron chi connectivity index (χ2n) is 11.9. The van der Waals surface area contributed by atoms with Gasteiger partial charge in [-0.25, -0.2) is 0 Å². The maximum absolute atomic E-state index is 13.6. The Morgan fingerprint density at radius 1 is 0.976 bits per heavy atom. The van der Waals surface area contributed by atoms with Crippen molar-refractivity contribution in [1.82, 2.24) is 4.98 Å². The Bertz CT molecular complexity index is 1560. The Hall–Kier alpha value is -3.02. The summed E-state index contributed by atoms with van der Waals surface area (Å²) in [6.07, 6.45) is -0.706. The predicted octanol–water partition coefficient (Wildman–Crippen LogP) is 9.97. The zero-order valence-corrected chi connectivity index (χ0v) is 27.1. The van der Waals surface area contributed by atoms with E-state index in [1.807, 2.05) is 73.6 Å². The van der Waals surface area contributed by atoms with E-state index in [9.17, 15) is 23.1 Å². The summed E-state index contributed by atoms with van der Waals surface area (Å²) in [4.78, 5) is 16.2. The summed E-state index contributed by atoms with van der Waals surface area (Å²) in [5.41, 5.74) is 2.12. The number of carbonyl (C=O) groups excluding carboxylic acids is 1. The van der Waals surface area contributed by atoms with E-state index in [1.165, 1.54) is 12.1 Å². The van der Waals surface area contributed by atoms with Crippen LogP contribution < -0.4 is 0 Å². The van der Waals surface area contributed by atoms with Crippen molar-refractivity contribution in [3.63, 3.8) is 0 Å². The number of aryl methyl sites for hydroxylation is 2. The molecule has 1 aromatic heterocycles. The first-order valence-electron chi connectivity index (χ1n) is 13.3. The molecule has 0 unspecified atom stereocenters. The van der Waals surface area contributed by atoms with Crippen LogP contribution in [0.25, 0.3) is 32.8 Å². The fourth-order valence-corrected chi connectivity index (χ4v) is 4.23. The minimum Gasteiger partial charge on any atom is -0.512 e. The van der Waals surface area contributed by atoms with Crippen LogP contribution in [0.1, 0.15) is 64.7 Å². The van der Waals surface area contributed by atoms with Gasteiger partial charge in [0.05, 0.1) is 5.56 Å². The number of carbonyl (C=O) groups is 1. The molecule has 4 aromatic rings. The molecule has 0 bridgehead atoms. The van der Waals surface area contributed by atoms with Crippen molar-refractivity contribution in [3.8, 4) is 11.3 Å². The fraction of sp³-hybridized carbons (Fsp3) is 0.353. The number of halogens is 3. The molecular weight excluding hydrogens is 704 g/mol. The van der Waals surface area contributed by atoms with E-state index in [2.05, 4.69) is 11.1 Å². The van der Waals surface area contributed by atoms with E-state index >= 15 is 0 Å². The summed E-state index contributed by atoms with van der Waals surface area (Å²) >= 11 is 0. The SMILES string of the molecule is CCC(C)(C)C(=O)/C=C(\O)C(C)(C)C.Cc1[c-]c(-c2nccc3c2ccc2cccc(C(F)(F)F)c23)cc(C)c1.[Ir]. The van der Waals surface area contributed by atoms with Gasteiger partial charge in [-0.2, -0.15) is 13.2 Å². The largest absolute Gasteiger partial charge is 0.512 e. The van der Waals surface area contributed by atoms with Crippen LogP contribution in [0.15, 0.2) is 66.6 Å². The minimum atomic E-state index is -4.41. The Balaban J connectivity index is 0.000000338. The van der Waals surface area contributed by atoms with Crippen molar-refractivity contribution in [1.29, 1.82) is 0 Å². The third-order valence-electron chi connectivity index (χ3n) is 7.08. The number of benzene rings is 3. The number of aromatic nitrogens is 1. The van der Waals surface area contributed by atoms with Gasteiger partial charge in [0.2, 0.25) is 0 Å². The molecule has 0 saturated heterocycles. The number of ketones is 1. The first-order chi connectivity index (χ1) is 18.5. The molecule has 0 atom stereocenters. The molecule has 3 nitrogen and oxygen atoms in total. The average molecular weight is 741 g/mol. The van der Waals surface area contributed by atoms with Crippen LogP contribution in [0.3, 0.4) is 0 Å². The van der Waals surface area contributed by atoms with Crippen LogP contribution in [0, 0.1) is 30.7 Å². The number of hydrogen-bond donors (Lipinski definition) is 1. The van der Waals surface area contributed by atoms with Gasteiger partial charge in [0, 0.05) is 48.6 Å². The molecule has 7 heteroatoms. The van der Waals surface area contributed by atoms with Gasteiger partial charge in [-0.15, -0.1) is 34.9 Å². The number of aliphatic hydroxyl groups excluding tert-OH is 1. The molecule has 4 rings (SSSR count). The van der Waals surface area contributed by atoms with E-state index in [0.29, 0.717) is 21.9 Å². The average Bonchev–Trinajstić information content (AvgIpc) is 2.86. The van der Waals surface area contributed by atoms with Gasteiger partial charge in [-0.05, 0) is 40.4 Å². The van der Waals surface area contributed by atoms with Gasteiger partial charge < -0.3 is 10.1 Å². The molecule has 0 aliphatic carbocycles. The maximum atomic E-state index is 13.6. The number of rotatable bonds is 4. The van der Waals surface area contributed by atoms with Gasteiger partial charge in [-0.1, -0.05) is 79.7 Å². The number of hydrogen-bond acceptors (Lipinski definition) is 3. The molecule has 1 heterocycles. The first kappa shape index (κ1) is 34.2. The third kappa shape index (κ3) is 8.05. The van der Waals surface area contributed by atoms with Gasteiger partial charge >= 0.3 is 6.18 Å². The van der Waals surface area contributed by atoms with Crippen LogP contribution in [-0.4, -0.2) is 15.9 Å². The fourth-order valence-electron chi connectivity index (χ4n) is 4.23. The van der Waals surface area contributed by atoms with Crippen molar-refractivity contribution in [2.45, 2.75) is 68.0 Å². The first-order valence-corrected chi connectivity index (χ1v) is 13.3. The molecule has 0 spiro atoms. The summed E-state index contributed by atoms with van der Waals surface area (Å²) in [5, 5.41) is 11.7. The maximum Gasteiger partial charge on any atom is 0.417 e. The number of fused-ring (bicyclic) bond motifs is 3. The zero-order valence-electron chi connectivity index (χ0n) is 24.8. The monoisotopic (exact) mass is 741 g/mol. The smallest absolute Gasteiger partial charge is 0.417 e. The normalized spacial score (nSPS) is 12.5. The number of aliphatic hydroxyl groups is 1. The van der Waals surface area contributed by atoms with Crippen LogP contribution in [0.4, 0.5) is 13.2 Å². The van der Waals surface area contributed by atoms with E-state index in [4.69, 9.17) is 0 Å². The predicted molar refractivity (Wildman–Crippen MR) is 157 cm³/mol. The van der Waals surface area contributed by atoms with Gasteiger partial charge in [0.1, 0.15) is 5.76 Å². The molecule has 3 aromatic carbocycles. The summed E-state index contributed by atoms with van der Waals surface area (Å²) < 4.78 is 40.7. The van der Waals surface area contributed by atoms with E-state index in [1.54, 1.807) is 24.4 Å². The Morgan fingerprint density at radius 2 is 1.63 bits per heavy atom. The molecule has 41 heavy (non-hydrogen) atoms. The number of pyridine rings is 1. The van der Waals surface area contributed by atoms with Crippen molar-refractivity contribution in [2.75, 3.05) is 0 Å². The van der Waals surface area contributed by atoms with Crippen molar-refractivity contribution < 1.29 is 43.2 Å². The molecule has 0 aliphatic rings. The Morgan fingerprint density at radius 3 is 2.20 bits per heavy atom. The molecule has 0 fully saturated rings. The van der Waals surface area contributed by atoms with E-state index in [0.717, 1.165) is 29.2 Å². The molecule has 0 aliphatic heterocycles. The zero-order chi connectivity index (χ0) is 30.0. The molecule has 221 valence electrons. The van der Waals surface area contributed by atoms with E-state index in [-0.39, 0.29) is 47.9 Å². The second kappa shape index (κ2) is 12.9. The summed E-state index contributed by atoms with van der Waals surface area (Å²) in [6.45, 7) is 15.3. The van der Waals surface area contributed by atoms with Crippen LogP contribution in [-0.2, 0) is 31.1 Å². The number of nitrogens with zero attached hydrogens (tertiary/aromatic N) is 1. The van der Waals surface area contributed by atoms with Crippen molar-refractivity contribution in [3.05, 3.63) is 89.3 Å². The molecule has 0 amide bonds. The summed E-state index contributed by atoms with van der Waals surface area (Å²) in [5.74, 6) is 0.149. The quantitative estimate of drug-likeness (QED) is 0.0982. The minimum absolute atomic E-state index is 0.